The number of alkyl halides is 3. The minimum absolute atomic E-state index is 0.0457. The van der Waals surface area contributed by atoms with Crippen molar-refractivity contribution in [3.05, 3.63) is 52.8 Å². The average Bonchev–Trinajstić information content (AvgIpc) is 2.91. The van der Waals surface area contributed by atoms with Gasteiger partial charge in [-0.05, 0) is 38.1 Å². The lowest BCUT2D eigenvalue weighted by Crippen LogP contribution is -2.24. The van der Waals surface area contributed by atoms with Crippen molar-refractivity contribution in [1.82, 2.24) is 9.99 Å². The number of halogens is 3. The number of benzene rings is 1. The van der Waals surface area contributed by atoms with Gasteiger partial charge < -0.3 is 14.0 Å². The zero-order valence-electron chi connectivity index (χ0n) is 15.8. The van der Waals surface area contributed by atoms with Crippen molar-refractivity contribution in [3.8, 4) is 5.75 Å². The Hall–Kier alpha value is -2.81. The van der Waals surface area contributed by atoms with Gasteiger partial charge in [-0.1, -0.05) is 6.07 Å². The first kappa shape index (κ1) is 21.5. The third kappa shape index (κ3) is 5.85. The highest BCUT2D eigenvalue weighted by Crippen LogP contribution is 2.31. The van der Waals surface area contributed by atoms with Crippen LogP contribution in [0.2, 0.25) is 0 Å². The topological polar surface area (TPSA) is 64.8 Å². The molecule has 0 unspecified atom stereocenters. The fourth-order valence-corrected chi connectivity index (χ4v) is 2.60. The molecule has 1 N–H and O–H groups in total. The van der Waals surface area contributed by atoms with Crippen LogP contribution in [-0.2, 0) is 22.3 Å². The zero-order valence-corrected chi connectivity index (χ0v) is 15.8. The molecule has 1 amide bonds. The Morgan fingerprint density at radius 3 is 2.71 bits per heavy atom. The van der Waals surface area contributed by atoms with Gasteiger partial charge in [0.25, 0.3) is 5.91 Å². The number of rotatable bonds is 8. The second-order valence-electron chi connectivity index (χ2n) is 6.08. The van der Waals surface area contributed by atoms with E-state index in [1.54, 1.807) is 7.11 Å². The van der Waals surface area contributed by atoms with Crippen molar-refractivity contribution in [2.45, 2.75) is 26.6 Å². The van der Waals surface area contributed by atoms with Crippen LogP contribution in [-0.4, -0.2) is 37.0 Å². The van der Waals surface area contributed by atoms with Crippen LogP contribution in [0.25, 0.3) is 0 Å². The number of nitrogens with one attached hydrogen (secondary N) is 1. The van der Waals surface area contributed by atoms with Crippen LogP contribution in [0.3, 0.4) is 0 Å². The lowest BCUT2D eigenvalue weighted by Gasteiger charge is -2.09. The molecule has 0 spiro atoms. The summed E-state index contributed by atoms with van der Waals surface area (Å²) in [5.41, 5.74) is 4.31. The predicted molar refractivity (Wildman–Crippen MR) is 98.5 cm³/mol. The highest BCUT2D eigenvalue weighted by Gasteiger charge is 2.30. The van der Waals surface area contributed by atoms with E-state index in [0.29, 0.717) is 13.2 Å². The molecule has 2 rings (SSSR count). The Kier molecular flexibility index (Phi) is 7.22. The van der Waals surface area contributed by atoms with Gasteiger partial charge in [0.15, 0.2) is 6.61 Å². The number of carbonyl (C=O) groups excluding carboxylic acids is 1. The Bertz CT molecular complexity index is 845. The normalized spacial score (nSPS) is 11.8. The van der Waals surface area contributed by atoms with Crippen LogP contribution < -0.4 is 10.2 Å². The summed E-state index contributed by atoms with van der Waals surface area (Å²) < 4.78 is 50.2. The van der Waals surface area contributed by atoms with E-state index in [-0.39, 0.29) is 5.75 Å². The van der Waals surface area contributed by atoms with Crippen LogP contribution in [0.1, 0.15) is 22.5 Å². The number of aryl methyl sites for hydroxylation is 1. The largest absolute Gasteiger partial charge is 0.484 e. The van der Waals surface area contributed by atoms with Crippen molar-refractivity contribution in [2.24, 2.45) is 5.10 Å². The first-order valence-corrected chi connectivity index (χ1v) is 8.50. The van der Waals surface area contributed by atoms with Gasteiger partial charge in [0, 0.05) is 30.6 Å². The number of hydrogen-bond acceptors (Lipinski definition) is 4. The van der Waals surface area contributed by atoms with Crippen molar-refractivity contribution in [2.75, 3.05) is 20.3 Å². The molecular formula is C19H22F3N3O3. The van der Waals surface area contributed by atoms with E-state index in [1.165, 1.54) is 18.3 Å². The number of hydrazone groups is 1. The number of ether oxygens (including phenoxy) is 2. The van der Waals surface area contributed by atoms with Gasteiger partial charge in [-0.15, -0.1) is 0 Å². The molecule has 1 heterocycles. The quantitative estimate of drug-likeness (QED) is 0.549. The molecule has 28 heavy (non-hydrogen) atoms. The summed E-state index contributed by atoms with van der Waals surface area (Å²) in [6, 6.07) is 6.26. The van der Waals surface area contributed by atoms with Gasteiger partial charge in [-0.3, -0.25) is 4.79 Å². The van der Waals surface area contributed by atoms with E-state index >= 15 is 0 Å². The molecule has 0 fully saturated rings. The van der Waals surface area contributed by atoms with Crippen molar-refractivity contribution in [1.29, 1.82) is 0 Å². The average molecular weight is 397 g/mol. The second-order valence-corrected chi connectivity index (χ2v) is 6.08. The minimum Gasteiger partial charge on any atom is -0.484 e. The van der Waals surface area contributed by atoms with E-state index in [4.69, 9.17) is 9.47 Å². The molecule has 0 bridgehead atoms. The third-order valence-electron chi connectivity index (χ3n) is 4.06. The molecule has 1 aromatic heterocycles. The monoisotopic (exact) mass is 397 g/mol. The summed E-state index contributed by atoms with van der Waals surface area (Å²) in [5.74, 6) is -0.627. The molecule has 2 aromatic rings. The number of carbonyl (C=O) groups is 1. The second kappa shape index (κ2) is 9.41. The first-order chi connectivity index (χ1) is 13.2. The Morgan fingerprint density at radius 1 is 1.29 bits per heavy atom. The van der Waals surface area contributed by atoms with Crippen molar-refractivity contribution < 1.29 is 27.4 Å². The number of nitrogens with zero attached hydrogens (tertiary/aromatic N) is 2. The maximum Gasteiger partial charge on any atom is 0.416 e. The molecule has 0 aliphatic carbocycles. The lowest BCUT2D eigenvalue weighted by molar-refractivity contribution is -0.137. The van der Waals surface area contributed by atoms with Crippen LogP contribution in [0.15, 0.2) is 35.4 Å². The summed E-state index contributed by atoms with van der Waals surface area (Å²) in [4.78, 5) is 11.8. The van der Waals surface area contributed by atoms with E-state index in [2.05, 4.69) is 15.1 Å². The van der Waals surface area contributed by atoms with Gasteiger partial charge in [-0.2, -0.15) is 18.3 Å². The summed E-state index contributed by atoms with van der Waals surface area (Å²) >= 11 is 0. The summed E-state index contributed by atoms with van der Waals surface area (Å²) in [6.07, 6.45) is -2.96. The van der Waals surface area contributed by atoms with Crippen molar-refractivity contribution in [3.63, 3.8) is 0 Å². The Labute approximate surface area is 160 Å². The molecule has 0 saturated heterocycles. The first-order valence-electron chi connectivity index (χ1n) is 8.50. The molecule has 9 heteroatoms. The van der Waals surface area contributed by atoms with Crippen LogP contribution in [0.5, 0.6) is 5.75 Å². The zero-order chi connectivity index (χ0) is 20.7. The van der Waals surface area contributed by atoms with Crippen LogP contribution in [0.4, 0.5) is 13.2 Å². The fraction of sp³-hybridized carbons (Fsp3) is 0.368. The molecule has 0 atom stereocenters. The summed E-state index contributed by atoms with van der Waals surface area (Å²) in [6.45, 7) is 4.73. The number of hydrogen-bond donors (Lipinski definition) is 1. The highest BCUT2D eigenvalue weighted by atomic mass is 19.4. The lowest BCUT2D eigenvalue weighted by atomic mass is 10.2. The molecule has 1 aromatic carbocycles. The SMILES string of the molecule is COCCn1c(C)cc(/C=N/NC(=O)COc2cccc(C(F)(F)F)c2)c1C. The predicted octanol–water partition coefficient (Wildman–Crippen LogP) is 3.30. The van der Waals surface area contributed by atoms with Gasteiger partial charge in [0.2, 0.25) is 0 Å². The number of aromatic nitrogens is 1. The molecular weight excluding hydrogens is 375 g/mol. The van der Waals surface area contributed by atoms with E-state index < -0.39 is 24.3 Å². The van der Waals surface area contributed by atoms with E-state index in [0.717, 1.165) is 29.1 Å². The smallest absolute Gasteiger partial charge is 0.416 e. The number of amides is 1. The summed E-state index contributed by atoms with van der Waals surface area (Å²) in [5, 5.41) is 3.88. The van der Waals surface area contributed by atoms with Crippen molar-refractivity contribution >= 4 is 12.1 Å². The third-order valence-corrected chi connectivity index (χ3v) is 4.06. The molecule has 152 valence electrons. The minimum atomic E-state index is -4.47. The van der Waals surface area contributed by atoms with Gasteiger partial charge in [-0.25, -0.2) is 5.43 Å². The van der Waals surface area contributed by atoms with Gasteiger partial charge in [0.05, 0.1) is 18.4 Å². The molecule has 0 radical (unpaired) electrons. The van der Waals surface area contributed by atoms with Gasteiger partial charge in [0.1, 0.15) is 5.75 Å². The fourth-order valence-electron chi connectivity index (χ4n) is 2.60. The number of methoxy groups -OCH3 is 1. The molecule has 0 aliphatic heterocycles. The maximum atomic E-state index is 12.7. The van der Waals surface area contributed by atoms with E-state index in [9.17, 15) is 18.0 Å². The standard InChI is InChI=1S/C19H22F3N3O3/c1-13-9-15(14(2)25(13)7-8-27-3)11-23-24-18(26)12-28-17-6-4-5-16(10-17)19(20,21)22/h4-6,9-11H,7-8,12H2,1-3H3,(H,24,26)/b23-11+. The molecule has 0 aliphatic rings. The van der Waals surface area contributed by atoms with Gasteiger partial charge >= 0.3 is 6.18 Å². The molecule has 0 saturated carbocycles. The Balaban J connectivity index is 1.89. The summed E-state index contributed by atoms with van der Waals surface area (Å²) in [7, 11) is 1.63. The van der Waals surface area contributed by atoms with Crippen LogP contribution >= 0.6 is 0 Å². The maximum absolute atomic E-state index is 12.7. The van der Waals surface area contributed by atoms with Crippen LogP contribution in [0, 0.1) is 13.8 Å². The highest BCUT2D eigenvalue weighted by molar-refractivity contribution is 5.84. The molecule has 6 nitrogen and oxygen atoms in total. The van der Waals surface area contributed by atoms with E-state index in [1.807, 2.05) is 19.9 Å². The Morgan fingerprint density at radius 2 is 2.04 bits per heavy atom.